The predicted octanol–water partition coefficient (Wildman–Crippen LogP) is 4.47. The highest BCUT2D eigenvalue weighted by Crippen LogP contribution is 2.18. The van der Waals surface area contributed by atoms with Crippen molar-refractivity contribution in [3.63, 3.8) is 0 Å². The van der Waals surface area contributed by atoms with Crippen LogP contribution in [-0.2, 0) is 13.0 Å². The molecule has 2 heteroatoms. The number of aryl methyl sites for hydroxylation is 2. The molecular weight excluding hydrogens is 238 g/mol. The largest absolute Gasteiger partial charge is 0.305 e. The third-order valence-electron chi connectivity index (χ3n) is 3.42. The minimum absolute atomic E-state index is 0.400. The zero-order valence-corrected chi connectivity index (χ0v) is 12.2. The van der Waals surface area contributed by atoms with Gasteiger partial charge in [-0.3, -0.25) is 0 Å². The van der Waals surface area contributed by atoms with Crippen LogP contribution >= 0.6 is 11.3 Å². The Morgan fingerprint density at radius 2 is 1.89 bits per heavy atom. The summed E-state index contributed by atoms with van der Waals surface area (Å²) in [7, 11) is 0. The maximum Gasteiger partial charge on any atom is 0.0308 e. The Balaban J connectivity index is 1.94. The van der Waals surface area contributed by atoms with Gasteiger partial charge in [0.1, 0.15) is 0 Å². The first-order valence-electron chi connectivity index (χ1n) is 6.56. The topological polar surface area (TPSA) is 12.0 Å². The summed E-state index contributed by atoms with van der Waals surface area (Å²) in [5, 5.41) is 5.75. The maximum atomic E-state index is 3.59. The number of hydrogen-bond donors (Lipinski definition) is 1. The van der Waals surface area contributed by atoms with E-state index in [2.05, 4.69) is 61.8 Å². The summed E-state index contributed by atoms with van der Waals surface area (Å²) in [4.78, 5) is 1.44. The van der Waals surface area contributed by atoms with Crippen molar-refractivity contribution in [1.29, 1.82) is 0 Å². The first kappa shape index (κ1) is 13.3. The molecule has 0 spiro atoms. The smallest absolute Gasteiger partial charge is 0.0308 e. The third-order valence-corrected chi connectivity index (χ3v) is 4.45. The molecule has 1 N–H and O–H groups in total. The molecule has 18 heavy (non-hydrogen) atoms. The van der Waals surface area contributed by atoms with Gasteiger partial charge >= 0.3 is 0 Å². The van der Waals surface area contributed by atoms with Gasteiger partial charge in [-0.05, 0) is 48.4 Å². The fourth-order valence-electron chi connectivity index (χ4n) is 1.99. The van der Waals surface area contributed by atoms with Crippen molar-refractivity contribution in [2.45, 2.75) is 39.8 Å². The van der Waals surface area contributed by atoms with Crippen molar-refractivity contribution in [3.05, 3.63) is 57.3 Å². The Bertz CT molecular complexity index is 484. The summed E-state index contributed by atoms with van der Waals surface area (Å²) in [5.41, 5.74) is 4.16. The molecule has 0 aliphatic carbocycles. The Kier molecular flexibility index (Phi) is 4.56. The van der Waals surface area contributed by atoms with Gasteiger partial charge < -0.3 is 5.32 Å². The lowest BCUT2D eigenvalue weighted by molar-refractivity contribution is 0.577. The molecule has 2 aromatic rings. The standard InChI is InChI=1S/C16H21NS/c1-4-14-5-7-15(8-6-14)13(3)17-11-16-12(2)9-10-18-16/h5-10,13,17H,4,11H2,1-3H3. The molecule has 1 aromatic heterocycles. The van der Waals surface area contributed by atoms with Crippen LogP contribution in [0.5, 0.6) is 0 Å². The lowest BCUT2D eigenvalue weighted by Gasteiger charge is -2.14. The zero-order chi connectivity index (χ0) is 13.0. The molecule has 1 nitrogen and oxygen atoms in total. The molecule has 1 atom stereocenters. The molecule has 0 radical (unpaired) electrons. The minimum Gasteiger partial charge on any atom is -0.305 e. The summed E-state index contributed by atoms with van der Waals surface area (Å²) in [5.74, 6) is 0. The van der Waals surface area contributed by atoms with Crippen molar-refractivity contribution >= 4 is 11.3 Å². The number of nitrogens with one attached hydrogen (secondary N) is 1. The summed E-state index contributed by atoms with van der Waals surface area (Å²) < 4.78 is 0. The van der Waals surface area contributed by atoms with Crippen LogP contribution in [0.15, 0.2) is 35.7 Å². The van der Waals surface area contributed by atoms with Gasteiger partial charge in [-0.2, -0.15) is 0 Å². The lowest BCUT2D eigenvalue weighted by Crippen LogP contribution is -2.17. The van der Waals surface area contributed by atoms with Crippen LogP contribution in [0.4, 0.5) is 0 Å². The first-order valence-corrected chi connectivity index (χ1v) is 7.44. The van der Waals surface area contributed by atoms with Gasteiger partial charge in [0, 0.05) is 17.5 Å². The van der Waals surface area contributed by atoms with Crippen molar-refractivity contribution in [2.75, 3.05) is 0 Å². The Morgan fingerprint density at radius 1 is 1.17 bits per heavy atom. The van der Waals surface area contributed by atoms with Crippen LogP contribution in [0.25, 0.3) is 0 Å². The van der Waals surface area contributed by atoms with Crippen molar-refractivity contribution in [3.8, 4) is 0 Å². The molecule has 2 rings (SSSR count). The van der Waals surface area contributed by atoms with E-state index in [-0.39, 0.29) is 0 Å². The second-order valence-corrected chi connectivity index (χ2v) is 5.73. The highest BCUT2D eigenvalue weighted by molar-refractivity contribution is 7.10. The molecule has 1 unspecified atom stereocenters. The maximum absolute atomic E-state index is 3.59. The number of thiophene rings is 1. The van der Waals surface area contributed by atoms with Crippen LogP contribution in [0.2, 0.25) is 0 Å². The molecule has 1 heterocycles. The molecular formula is C16H21NS. The number of benzene rings is 1. The van der Waals surface area contributed by atoms with Crippen molar-refractivity contribution < 1.29 is 0 Å². The quantitative estimate of drug-likeness (QED) is 0.835. The normalized spacial score (nSPS) is 12.6. The molecule has 0 aliphatic heterocycles. The minimum atomic E-state index is 0.400. The summed E-state index contributed by atoms with van der Waals surface area (Å²) in [6.07, 6.45) is 1.11. The summed E-state index contributed by atoms with van der Waals surface area (Å²) in [6.45, 7) is 7.55. The van der Waals surface area contributed by atoms with Crippen LogP contribution in [0.3, 0.4) is 0 Å². The SMILES string of the molecule is CCc1ccc(C(C)NCc2sccc2C)cc1. The van der Waals surface area contributed by atoms with E-state index in [0.717, 1.165) is 13.0 Å². The Morgan fingerprint density at radius 3 is 2.44 bits per heavy atom. The molecule has 0 saturated heterocycles. The van der Waals surface area contributed by atoms with E-state index in [1.807, 2.05) is 11.3 Å². The second kappa shape index (κ2) is 6.17. The van der Waals surface area contributed by atoms with Crippen molar-refractivity contribution in [1.82, 2.24) is 5.32 Å². The van der Waals surface area contributed by atoms with Gasteiger partial charge in [-0.15, -0.1) is 11.3 Å². The van der Waals surface area contributed by atoms with Crippen molar-refractivity contribution in [2.24, 2.45) is 0 Å². The average Bonchev–Trinajstić information content (AvgIpc) is 2.81. The Hall–Kier alpha value is -1.12. The summed E-state index contributed by atoms with van der Waals surface area (Å²) in [6, 6.07) is 11.5. The molecule has 0 amide bonds. The predicted molar refractivity (Wildman–Crippen MR) is 80.1 cm³/mol. The Labute approximate surface area is 114 Å². The summed E-state index contributed by atoms with van der Waals surface area (Å²) >= 11 is 1.83. The highest BCUT2D eigenvalue weighted by atomic mass is 32.1. The fraction of sp³-hybridized carbons (Fsp3) is 0.375. The third kappa shape index (κ3) is 3.21. The average molecular weight is 259 g/mol. The van der Waals surface area contributed by atoms with E-state index in [0.29, 0.717) is 6.04 Å². The lowest BCUT2D eigenvalue weighted by atomic mass is 10.0. The van der Waals surface area contributed by atoms with Crippen LogP contribution in [0.1, 0.15) is 41.5 Å². The number of hydrogen-bond acceptors (Lipinski definition) is 2. The monoisotopic (exact) mass is 259 g/mol. The van der Waals surface area contributed by atoms with E-state index in [9.17, 15) is 0 Å². The molecule has 0 aliphatic rings. The van der Waals surface area contributed by atoms with E-state index < -0.39 is 0 Å². The van der Waals surface area contributed by atoms with E-state index in [1.54, 1.807) is 0 Å². The first-order chi connectivity index (χ1) is 8.70. The van der Waals surface area contributed by atoms with Gasteiger partial charge in [0.25, 0.3) is 0 Å². The van der Waals surface area contributed by atoms with Crippen LogP contribution < -0.4 is 5.32 Å². The molecule has 1 aromatic carbocycles. The highest BCUT2D eigenvalue weighted by Gasteiger charge is 2.06. The molecule has 0 fully saturated rings. The molecule has 96 valence electrons. The molecule has 0 saturated carbocycles. The van der Waals surface area contributed by atoms with E-state index >= 15 is 0 Å². The van der Waals surface area contributed by atoms with Crippen LogP contribution in [-0.4, -0.2) is 0 Å². The fourth-order valence-corrected chi connectivity index (χ4v) is 2.85. The molecule has 0 bridgehead atoms. The van der Waals surface area contributed by atoms with E-state index in [4.69, 9.17) is 0 Å². The van der Waals surface area contributed by atoms with Gasteiger partial charge in [-0.25, -0.2) is 0 Å². The van der Waals surface area contributed by atoms with Crippen LogP contribution in [0, 0.1) is 6.92 Å². The zero-order valence-electron chi connectivity index (χ0n) is 11.4. The second-order valence-electron chi connectivity index (χ2n) is 4.72. The number of rotatable bonds is 5. The van der Waals surface area contributed by atoms with Gasteiger partial charge in [-0.1, -0.05) is 31.2 Å². The van der Waals surface area contributed by atoms with Gasteiger partial charge in [0.15, 0.2) is 0 Å². The van der Waals surface area contributed by atoms with Gasteiger partial charge in [0.2, 0.25) is 0 Å². The van der Waals surface area contributed by atoms with Gasteiger partial charge in [0.05, 0.1) is 0 Å². The van der Waals surface area contributed by atoms with E-state index in [1.165, 1.54) is 21.6 Å².